The van der Waals surface area contributed by atoms with E-state index in [2.05, 4.69) is 24.5 Å². The van der Waals surface area contributed by atoms with Crippen molar-refractivity contribution in [3.05, 3.63) is 48.5 Å². The number of ether oxygens (including phenoxy) is 2. The molecule has 0 radical (unpaired) electrons. The molecule has 0 unspecified atom stereocenters. The summed E-state index contributed by atoms with van der Waals surface area (Å²) in [4.78, 5) is 27.8. The van der Waals surface area contributed by atoms with Crippen LogP contribution < -0.4 is 31.6 Å². The molecule has 0 saturated carbocycles. The van der Waals surface area contributed by atoms with Gasteiger partial charge in [-0.15, -0.1) is 0 Å². The summed E-state index contributed by atoms with van der Waals surface area (Å²) in [7, 11) is 0. The van der Waals surface area contributed by atoms with E-state index < -0.39 is 12.1 Å². The molecular weight excluding hydrogens is 536 g/mol. The smallest absolute Gasteiger partial charge is 0.328 e. The van der Waals surface area contributed by atoms with Crippen LogP contribution in [0.4, 0.5) is 21.0 Å². The van der Waals surface area contributed by atoms with E-state index in [1.807, 2.05) is 0 Å². The highest BCUT2D eigenvalue weighted by Gasteiger charge is 2.18. The average molecular weight is 583 g/mol. The predicted octanol–water partition coefficient (Wildman–Crippen LogP) is 5.76. The van der Waals surface area contributed by atoms with Gasteiger partial charge in [0.1, 0.15) is 11.5 Å². The van der Waals surface area contributed by atoms with Crippen molar-refractivity contribution >= 4 is 35.4 Å². The molecule has 42 heavy (non-hydrogen) atoms. The van der Waals surface area contributed by atoms with Crippen LogP contribution in [0.2, 0.25) is 0 Å². The van der Waals surface area contributed by atoms with E-state index in [0.29, 0.717) is 37.4 Å². The number of hydrogen-bond donors (Lipinski definition) is 6. The Labute approximate surface area is 248 Å². The van der Waals surface area contributed by atoms with Crippen LogP contribution in [0.25, 0.3) is 0 Å². The molecule has 0 bridgehead atoms. The van der Waals surface area contributed by atoms with Crippen LogP contribution in [-0.2, 0) is 0 Å². The summed E-state index contributed by atoms with van der Waals surface area (Å²) in [5.74, 6) is 0.777. The van der Waals surface area contributed by atoms with Crippen LogP contribution >= 0.6 is 0 Å². The zero-order chi connectivity index (χ0) is 30.7. The number of nitrogens with two attached hydrogens (primary N) is 2. The van der Waals surface area contributed by atoms with Gasteiger partial charge in [-0.05, 0) is 74.2 Å². The lowest BCUT2D eigenvalue weighted by atomic mass is 10.2. The Morgan fingerprint density at radius 2 is 1.00 bits per heavy atom. The lowest BCUT2D eigenvalue weighted by molar-refractivity contribution is 0.230. The van der Waals surface area contributed by atoms with Gasteiger partial charge in [-0.1, -0.05) is 39.5 Å². The Balaban J connectivity index is 1.74. The molecule has 8 N–H and O–H groups in total. The number of hydrogen-bond acceptors (Lipinski definition) is 6. The summed E-state index contributed by atoms with van der Waals surface area (Å²) in [6.45, 7) is 6.02. The minimum Gasteiger partial charge on any atom is -0.494 e. The summed E-state index contributed by atoms with van der Waals surface area (Å²) in [6, 6.07) is 13.1. The maximum Gasteiger partial charge on any atom is 0.328 e. The van der Waals surface area contributed by atoms with Crippen LogP contribution in [-0.4, -0.2) is 60.1 Å². The first-order valence-electron chi connectivity index (χ1n) is 14.6. The third-order valence-electron chi connectivity index (χ3n) is 6.33. The van der Waals surface area contributed by atoms with Crippen molar-refractivity contribution in [2.45, 2.75) is 65.2 Å². The largest absolute Gasteiger partial charge is 0.494 e. The number of nitrogens with zero attached hydrogens (tertiary/aromatic N) is 2. The third kappa shape index (κ3) is 12.4. The van der Waals surface area contributed by atoms with E-state index in [4.69, 9.17) is 31.8 Å². The molecular formula is C30H46N8O4. The van der Waals surface area contributed by atoms with Gasteiger partial charge in [0.25, 0.3) is 0 Å². The number of carbonyl (C=O) groups excluding carboxylic acids is 2. The number of amides is 4. The number of guanidine groups is 2. The quantitative estimate of drug-likeness (QED) is 0.0782. The van der Waals surface area contributed by atoms with Crippen molar-refractivity contribution in [2.75, 3.05) is 36.9 Å². The topological polar surface area (TPSA) is 183 Å². The monoisotopic (exact) mass is 582 g/mol. The molecule has 0 saturated heterocycles. The van der Waals surface area contributed by atoms with Gasteiger partial charge < -0.3 is 31.6 Å². The Hall–Kier alpha value is -4.48. The maximum atomic E-state index is 12.7. The van der Waals surface area contributed by atoms with Crippen LogP contribution in [0, 0.1) is 10.8 Å². The Morgan fingerprint density at radius 1 is 0.643 bits per heavy atom. The zero-order valence-corrected chi connectivity index (χ0v) is 24.8. The standard InChI is InChI=1S/C30H46N8O4/c1-3-5-21-41-25-15-11-23(12-16-25)35-29(39)37(27(31)32)19-9-7-8-10-20-38(28(33)34)30(40)36-24-13-17-26(18-14-24)42-22-6-4-2/h11-18H,3-10,19-22H2,1-2H3,(H3,31,32)(H3,33,34)(H,35,39)(H,36,40). The van der Waals surface area contributed by atoms with Gasteiger partial charge in [0, 0.05) is 24.5 Å². The highest BCUT2D eigenvalue weighted by molar-refractivity contribution is 6.01. The van der Waals surface area contributed by atoms with Crippen LogP contribution in [0.1, 0.15) is 65.2 Å². The van der Waals surface area contributed by atoms with Crippen LogP contribution in [0.5, 0.6) is 11.5 Å². The molecule has 2 aromatic rings. The molecule has 0 fully saturated rings. The molecule has 12 nitrogen and oxygen atoms in total. The molecule has 2 rings (SSSR count). The molecule has 0 aromatic heterocycles. The summed E-state index contributed by atoms with van der Waals surface area (Å²) in [5.41, 5.74) is 12.5. The Bertz CT molecular complexity index is 1040. The average Bonchev–Trinajstić information content (AvgIpc) is 2.96. The van der Waals surface area contributed by atoms with Gasteiger partial charge in [0.15, 0.2) is 11.9 Å². The van der Waals surface area contributed by atoms with E-state index in [1.165, 1.54) is 9.80 Å². The van der Waals surface area contributed by atoms with Crippen molar-refractivity contribution < 1.29 is 19.1 Å². The second-order valence-corrected chi connectivity index (χ2v) is 9.80. The second-order valence-electron chi connectivity index (χ2n) is 9.80. The van der Waals surface area contributed by atoms with Gasteiger partial charge in [-0.25, -0.2) is 9.59 Å². The molecule has 230 valence electrons. The van der Waals surface area contributed by atoms with Crippen molar-refractivity contribution in [2.24, 2.45) is 11.5 Å². The maximum absolute atomic E-state index is 12.7. The van der Waals surface area contributed by atoms with Gasteiger partial charge in [-0.2, -0.15) is 0 Å². The van der Waals surface area contributed by atoms with E-state index in [0.717, 1.165) is 50.0 Å². The van der Waals surface area contributed by atoms with E-state index in [9.17, 15) is 9.59 Å². The minimum atomic E-state index is -0.484. The van der Waals surface area contributed by atoms with Crippen molar-refractivity contribution in [1.82, 2.24) is 9.80 Å². The number of urea groups is 2. The van der Waals surface area contributed by atoms with Crippen LogP contribution in [0.3, 0.4) is 0 Å². The summed E-state index contributed by atoms with van der Waals surface area (Å²) in [6.07, 6.45) is 6.72. The molecule has 4 amide bonds. The van der Waals surface area contributed by atoms with Gasteiger partial charge in [0.05, 0.1) is 13.2 Å². The lowest BCUT2D eigenvalue weighted by Crippen LogP contribution is -2.44. The Morgan fingerprint density at radius 3 is 1.31 bits per heavy atom. The molecule has 0 aliphatic heterocycles. The fraction of sp³-hybridized carbons (Fsp3) is 0.467. The van der Waals surface area contributed by atoms with Gasteiger partial charge in [0.2, 0.25) is 0 Å². The molecule has 0 atom stereocenters. The normalized spacial score (nSPS) is 10.4. The number of unbranched alkanes of at least 4 members (excludes halogenated alkanes) is 5. The molecule has 2 aromatic carbocycles. The number of rotatable bonds is 17. The summed E-state index contributed by atoms with van der Waals surface area (Å²) in [5, 5.41) is 21.1. The fourth-order valence-electron chi connectivity index (χ4n) is 3.88. The number of nitrogens with one attached hydrogen (secondary N) is 4. The molecule has 0 aliphatic carbocycles. The van der Waals surface area contributed by atoms with Crippen molar-refractivity contribution in [1.29, 1.82) is 10.8 Å². The second kappa shape index (κ2) is 18.8. The first-order chi connectivity index (χ1) is 20.2. The summed E-state index contributed by atoms with van der Waals surface area (Å²) >= 11 is 0. The molecule has 0 heterocycles. The highest BCUT2D eigenvalue weighted by atomic mass is 16.5. The molecule has 0 spiro atoms. The highest BCUT2D eigenvalue weighted by Crippen LogP contribution is 2.18. The number of anilines is 2. The minimum absolute atomic E-state index is 0.272. The zero-order valence-electron chi connectivity index (χ0n) is 24.8. The number of benzene rings is 2. The van der Waals surface area contributed by atoms with Gasteiger partial charge >= 0.3 is 12.1 Å². The Kier molecular flexibility index (Phi) is 15.1. The predicted molar refractivity (Wildman–Crippen MR) is 167 cm³/mol. The van der Waals surface area contributed by atoms with Crippen molar-refractivity contribution in [3.63, 3.8) is 0 Å². The van der Waals surface area contributed by atoms with E-state index >= 15 is 0 Å². The van der Waals surface area contributed by atoms with Crippen molar-refractivity contribution in [3.8, 4) is 11.5 Å². The molecule has 12 heteroatoms. The first-order valence-corrected chi connectivity index (χ1v) is 14.6. The number of carbonyl (C=O) groups is 2. The first kappa shape index (κ1) is 33.7. The lowest BCUT2D eigenvalue weighted by Gasteiger charge is -2.22. The fourth-order valence-corrected chi connectivity index (χ4v) is 3.88. The van der Waals surface area contributed by atoms with Crippen LogP contribution in [0.15, 0.2) is 48.5 Å². The molecule has 0 aliphatic rings. The summed E-state index contributed by atoms with van der Waals surface area (Å²) < 4.78 is 11.3. The third-order valence-corrected chi connectivity index (χ3v) is 6.33. The SMILES string of the molecule is CCCCOc1ccc(NC(=O)N(CCCCCCN(C(=N)N)C(=O)Nc2ccc(OCCCC)cc2)C(=N)N)cc1. The van der Waals surface area contributed by atoms with E-state index in [1.54, 1.807) is 48.5 Å². The van der Waals surface area contributed by atoms with Gasteiger partial charge in [-0.3, -0.25) is 20.6 Å². The van der Waals surface area contributed by atoms with E-state index in [-0.39, 0.29) is 25.0 Å².